The Morgan fingerprint density at radius 2 is 1.38 bits per heavy atom. The minimum absolute atomic E-state index is 0.201. The fourth-order valence-corrected chi connectivity index (χ4v) is 7.29. The fourth-order valence-electron chi connectivity index (χ4n) is 7.29. The van der Waals surface area contributed by atoms with Gasteiger partial charge in [0.15, 0.2) is 0 Å². The van der Waals surface area contributed by atoms with Gasteiger partial charge < -0.3 is 9.84 Å². The topological polar surface area (TPSA) is 29.5 Å². The van der Waals surface area contributed by atoms with Crippen molar-refractivity contribution >= 4 is 8.07 Å². The number of halogens is 5. The molecular formula is C21H33F5O2Si. The third-order valence-corrected chi connectivity index (χ3v) is 7.92. The van der Waals surface area contributed by atoms with Crippen LogP contribution >= 0.6 is 0 Å². The first-order chi connectivity index (χ1) is 13.1. The predicted molar refractivity (Wildman–Crippen MR) is 102 cm³/mol. The maximum atomic E-state index is 14.0. The van der Waals surface area contributed by atoms with Crippen molar-refractivity contribution in [1.82, 2.24) is 0 Å². The second kappa shape index (κ2) is 6.64. The maximum absolute atomic E-state index is 14.0. The molecule has 4 bridgehead atoms. The molecule has 0 amide bonds. The number of fused-ring (bicyclic) bond motifs is 9. The van der Waals surface area contributed by atoms with Crippen LogP contribution in [-0.2, 0) is 4.74 Å². The van der Waals surface area contributed by atoms with E-state index in [0.717, 1.165) is 12.3 Å². The van der Waals surface area contributed by atoms with E-state index in [1.54, 1.807) is 0 Å². The summed E-state index contributed by atoms with van der Waals surface area (Å²) in [7, 11) is -0.611. The third-order valence-electron chi connectivity index (χ3n) is 7.92. The van der Waals surface area contributed by atoms with Crippen LogP contribution in [0.25, 0.3) is 0 Å². The van der Waals surface area contributed by atoms with Crippen molar-refractivity contribution in [3.63, 3.8) is 0 Å². The number of hydrogen-bond acceptors (Lipinski definition) is 2. The zero-order valence-corrected chi connectivity index (χ0v) is 18.6. The zero-order chi connectivity index (χ0) is 21.6. The number of aliphatic hydroxyl groups is 1. The average Bonchev–Trinajstić information content (AvgIpc) is 3.29. The summed E-state index contributed by atoms with van der Waals surface area (Å²) in [5.41, 5.74) is 0. The van der Waals surface area contributed by atoms with Crippen molar-refractivity contribution in [2.75, 3.05) is 0 Å². The van der Waals surface area contributed by atoms with Crippen molar-refractivity contribution in [3.8, 4) is 0 Å². The fraction of sp³-hybridized carbons (Fsp3) is 1.00. The molecule has 1 N–H and O–H groups in total. The minimum Gasteiger partial charge on any atom is -0.354 e. The van der Waals surface area contributed by atoms with Crippen LogP contribution in [0.4, 0.5) is 22.0 Å². The monoisotopic (exact) mass is 440 g/mol. The molecule has 1 aliphatic heterocycles. The van der Waals surface area contributed by atoms with Crippen molar-refractivity contribution < 1.29 is 31.8 Å². The lowest BCUT2D eigenvalue weighted by Crippen LogP contribution is -2.56. The Morgan fingerprint density at radius 3 is 1.90 bits per heavy atom. The van der Waals surface area contributed by atoms with Gasteiger partial charge in [0.2, 0.25) is 0 Å². The molecule has 5 aliphatic rings. The van der Waals surface area contributed by atoms with Gasteiger partial charge >= 0.3 is 17.9 Å². The van der Waals surface area contributed by atoms with Crippen LogP contribution in [-0.4, -0.2) is 37.2 Å². The quantitative estimate of drug-likeness (QED) is 0.311. The number of ether oxygens (including phenoxy) is 1. The summed E-state index contributed by atoms with van der Waals surface area (Å²) < 4.78 is 71.5. The molecule has 5 fully saturated rings. The Hall–Kier alpha value is -0.213. The summed E-state index contributed by atoms with van der Waals surface area (Å²) in [5, 5.41) is 9.55. The molecule has 0 aromatic rings. The van der Waals surface area contributed by atoms with Gasteiger partial charge in [-0.05, 0) is 73.5 Å². The standard InChI is InChI=1S/C17H21F5O2.C4H12Si/c18-15(19)6-12(24-16(15,23)17(20,21)22)10-4-9-5-11(10)14-8-2-1-7(3-8)13(9)14;1-5(2,3)4/h7-14,23H,1-6H2;1-4H3. The van der Waals surface area contributed by atoms with Crippen LogP contribution in [0, 0.1) is 41.4 Å². The Morgan fingerprint density at radius 1 is 0.862 bits per heavy atom. The summed E-state index contributed by atoms with van der Waals surface area (Å²) in [5.74, 6) is -5.71. The molecule has 0 aromatic heterocycles. The molecule has 5 rings (SSSR count). The molecule has 4 aliphatic carbocycles. The van der Waals surface area contributed by atoms with E-state index >= 15 is 0 Å². The molecule has 9 unspecified atom stereocenters. The van der Waals surface area contributed by atoms with Gasteiger partial charge in [-0.15, -0.1) is 0 Å². The summed E-state index contributed by atoms with van der Waals surface area (Å²) in [6.45, 7) is 9.31. The molecule has 29 heavy (non-hydrogen) atoms. The first kappa shape index (κ1) is 22.0. The minimum atomic E-state index is -5.49. The van der Waals surface area contributed by atoms with Crippen LogP contribution in [0.15, 0.2) is 0 Å². The summed E-state index contributed by atoms with van der Waals surface area (Å²) in [6, 6.07) is 0. The molecule has 1 heterocycles. The normalized spacial score (nSPS) is 49.9. The first-order valence-corrected chi connectivity index (χ1v) is 15.0. The Balaban J connectivity index is 0.000000369. The molecule has 9 atom stereocenters. The van der Waals surface area contributed by atoms with Crippen LogP contribution in [0.3, 0.4) is 0 Å². The van der Waals surface area contributed by atoms with Crippen molar-refractivity contribution in [3.05, 3.63) is 0 Å². The van der Waals surface area contributed by atoms with Crippen LogP contribution in [0.1, 0.15) is 38.5 Å². The third kappa shape index (κ3) is 3.49. The van der Waals surface area contributed by atoms with Gasteiger partial charge in [-0.3, -0.25) is 0 Å². The van der Waals surface area contributed by atoms with Crippen molar-refractivity contribution in [2.24, 2.45) is 41.4 Å². The molecule has 0 spiro atoms. The highest BCUT2D eigenvalue weighted by Crippen LogP contribution is 2.70. The van der Waals surface area contributed by atoms with E-state index in [-0.39, 0.29) is 11.8 Å². The van der Waals surface area contributed by atoms with E-state index < -0.39 is 38.5 Å². The van der Waals surface area contributed by atoms with Gasteiger partial charge in [0.1, 0.15) is 0 Å². The van der Waals surface area contributed by atoms with Gasteiger partial charge in [-0.2, -0.15) is 13.2 Å². The predicted octanol–water partition coefficient (Wildman–Crippen LogP) is 5.93. The van der Waals surface area contributed by atoms with Crippen molar-refractivity contribution in [2.45, 2.75) is 88.7 Å². The van der Waals surface area contributed by atoms with E-state index in [2.05, 4.69) is 30.9 Å². The van der Waals surface area contributed by atoms with Gasteiger partial charge in [-0.25, -0.2) is 8.78 Å². The van der Waals surface area contributed by atoms with E-state index in [1.165, 1.54) is 19.3 Å². The second-order valence-electron chi connectivity index (χ2n) is 11.8. The SMILES string of the molecule is C[Si](C)(C)C.OC1(C(F)(F)F)OC(C2CC3CC2C2C4CCC(C4)C32)CC1(F)F. The lowest BCUT2D eigenvalue weighted by Gasteiger charge is -2.40. The molecule has 4 saturated carbocycles. The molecule has 0 radical (unpaired) electrons. The molecule has 8 heteroatoms. The van der Waals surface area contributed by atoms with Crippen molar-refractivity contribution in [1.29, 1.82) is 0 Å². The molecular weight excluding hydrogens is 407 g/mol. The maximum Gasteiger partial charge on any atom is 0.449 e. The average molecular weight is 441 g/mol. The number of hydrogen-bond donors (Lipinski definition) is 1. The summed E-state index contributed by atoms with van der Waals surface area (Å²) in [6.07, 6.45) is -2.43. The van der Waals surface area contributed by atoms with Crippen LogP contribution < -0.4 is 0 Å². The summed E-state index contributed by atoms with van der Waals surface area (Å²) >= 11 is 0. The highest BCUT2D eigenvalue weighted by Gasteiger charge is 2.77. The van der Waals surface area contributed by atoms with Gasteiger partial charge in [0.05, 0.1) is 6.10 Å². The molecule has 0 aromatic carbocycles. The number of alkyl halides is 5. The van der Waals surface area contributed by atoms with Crippen LogP contribution in [0.2, 0.25) is 26.2 Å². The molecule has 1 saturated heterocycles. The van der Waals surface area contributed by atoms with Gasteiger partial charge in [0.25, 0.3) is 0 Å². The van der Waals surface area contributed by atoms with E-state index in [4.69, 9.17) is 0 Å². The smallest absolute Gasteiger partial charge is 0.354 e. The zero-order valence-electron chi connectivity index (χ0n) is 17.6. The first-order valence-electron chi connectivity index (χ1n) is 11.0. The second-order valence-corrected chi connectivity index (χ2v) is 17.8. The molecule has 168 valence electrons. The Kier molecular flexibility index (Phi) is 5.04. The highest BCUT2D eigenvalue weighted by molar-refractivity contribution is 6.74. The lowest BCUT2D eigenvalue weighted by atomic mass is 9.66. The Labute approximate surface area is 170 Å². The van der Waals surface area contributed by atoms with E-state index in [1.807, 2.05) is 0 Å². The number of rotatable bonds is 1. The van der Waals surface area contributed by atoms with Crippen LogP contribution in [0.5, 0.6) is 0 Å². The van der Waals surface area contributed by atoms with Gasteiger partial charge in [-0.1, -0.05) is 26.2 Å². The largest absolute Gasteiger partial charge is 0.449 e. The van der Waals surface area contributed by atoms with E-state index in [9.17, 15) is 27.1 Å². The molecule has 2 nitrogen and oxygen atoms in total. The summed E-state index contributed by atoms with van der Waals surface area (Å²) in [4.78, 5) is 0. The lowest BCUT2D eigenvalue weighted by molar-refractivity contribution is -0.408. The Bertz CT molecular complexity index is 642. The highest BCUT2D eigenvalue weighted by atomic mass is 28.3. The van der Waals surface area contributed by atoms with Gasteiger partial charge in [0, 0.05) is 14.5 Å². The van der Waals surface area contributed by atoms with E-state index in [0.29, 0.717) is 30.1 Å².